The van der Waals surface area contributed by atoms with Gasteiger partial charge < -0.3 is 18.9 Å². The van der Waals surface area contributed by atoms with E-state index in [1.165, 1.54) is 6.07 Å². The summed E-state index contributed by atoms with van der Waals surface area (Å²) in [6.07, 6.45) is 3.12. The number of benzene rings is 2. The van der Waals surface area contributed by atoms with Gasteiger partial charge in [-0.3, -0.25) is 4.98 Å². The molecule has 6 nitrogen and oxygen atoms in total. The highest BCUT2D eigenvalue weighted by molar-refractivity contribution is 6.07. The first kappa shape index (κ1) is 21.4. The monoisotopic (exact) mass is 516 g/mol. The van der Waals surface area contributed by atoms with Crippen molar-refractivity contribution in [1.29, 1.82) is 0 Å². The van der Waals surface area contributed by atoms with E-state index >= 15 is 4.39 Å². The normalized spacial score (nSPS) is 17.4. The van der Waals surface area contributed by atoms with Gasteiger partial charge >= 0.3 is 0 Å². The van der Waals surface area contributed by atoms with Crippen LogP contribution in [-0.4, -0.2) is 33.0 Å². The molecule has 196 valence electrons. The average Bonchev–Trinajstić information content (AvgIpc) is 3.48. The highest BCUT2D eigenvalue weighted by Gasteiger charge is 2.32. The van der Waals surface area contributed by atoms with Gasteiger partial charge in [-0.25, -0.2) is 4.39 Å². The molecule has 0 saturated carbocycles. The van der Waals surface area contributed by atoms with Crippen LogP contribution in [-0.2, 0) is 10.3 Å². The van der Waals surface area contributed by atoms with Gasteiger partial charge in [0.15, 0.2) is 0 Å². The zero-order valence-electron chi connectivity index (χ0n) is 24.7. The molecule has 6 rings (SSSR count). The fourth-order valence-corrected chi connectivity index (χ4v) is 5.78. The zero-order valence-corrected chi connectivity index (χ0v) is 21.7. The molecule has 0 amide bonds. The van der Waals surface area contributed by atoms with Gasteiger partial charge in [-0.1, -0.05) is 35.5 Å². The Morgan fingerprint density at radius 2 is 1.92 bits per heavy atom. The van der Waals surface area contributed by atoms with Crippen LogP contribution in [0.3, 0.4) is 0 Å². The second-order valence-corrected chi connectivity index (χ2v) is 10.6. The molecule has 5 aromatic rings. The van der Waals surface area contributed by atoms with E-state index in [1.807, 2.05) is 36.4 Å². The van der Waals surface area contributed by atoms with E-state index in [-0.39, 0.29) is 17.5 Å². The summed E-state index contributed by atoms with van der Waals surface area (Å²) in [7, 11) is 0. The Balaban J connectivity index is 1.71. The van der Waals surface area contributed by atoms with Crippen molar-refractivity contribution in [1.82, 2.24) is 14.7 Å². The van der Waals surface area contributed by atoms with Crippen LogP contribution >= 0.6 is 0 Å². The predicted molar refractivity (Wildman–Crippen MR) is 146 cm³/mol. The Morgan fingerprint density at radius 1 is 1.13 bits per heavy atom. The Morgan fingerprint density at radius 3 is 2.66 bits per heavy atom. The summed E-state index contributed by atoms with van der Waals surface area (Å²) in [4.78, 5) is 4.83. The van der Waals surface area contributed by atoms with Crippen molar-refractivity contribution in [2.75, 3.05) is 13.2 Å². The van der Waals surface area contributed by atoms with Crippen LogP contribution in [0.5, 0.6) is 0 Å². The topological polar surface area (TPSA) is 73.3 Å². The number of fused-ring (bicyclic) bond motifs is 3. The summed E-state index contributed by atoms with van der Waals surface area (Å²) in [5.74, 6) is -0.441. The largest absolute Gasteiger partial charge is 0.386 e. The van der Waals surface area contributed by atoms with E-state index in [0.29, 0.717) is 46.7 Å². The van der Waals surface area contributed by atoms with Crippen molar-refractivity contribution >= 4 is 21.9 Å². The van der Waals surface area contributed by atoms with Crippen molar-refractivity contribution < 1.29 is 22.9 Å². The van der Waals surface area contributed by atoms with Gasteiger partial charge in [0.1, 0.15) is 11.6 Å². The van der Waals surface area contributed by atoms with E-state index in [9.17, 15) is 5.11 Å². The predicted octanol–water partition coefficient (Wildman–Crippen LogP) is 6.84. The van der Waals surface area contributed by atoms with Crippen LogP contribution in [0.25, 0.3) is 33.1 Å². The van der Waals surface area contributed by atoms with Gasteiger partial charge in [-0.2, -0.15) is 0 Å². The van der Waals surface area contributed by atoms with Crippen LogP contribution in [0.4, 0.5) is 4.39 Å². The summed E-state index contributed by atoms with van der Waals surface area (Å²) >= 11 is 0. The van der Waals surface area contributed by atoms with Crippen molar-refractivity contribution in [2.45, 2.75) is 52.1 Å². The maximum Gasteiger partial charge on any atom is 0.141 e. The minimum atomic E-state index is -2.50. The Hall–Kier alpha value is -3.55. The fourth-order valence-electron chi connectivity index (χ4n) is 5.78. The maximum atomic E-state index is 15.6. The molecule has 1 fully saturated rings. The summed E-state index contributed by atoms with van der Waals surface area (Å²) < 4.78 is 52.6. The highest BCUT2D eigenvalue weighted by Crippen LogP contribution is 2.43. The van der Waals surface area contributed by atoms with Gasteiger partial charge in [0.05, 0.1) is 33.9 Å². The Bertz CT molecular complexity index is 1750. The number of hydrogen-bond donors (Lipinski definition) is 1. The lowest BCUT2D eigenvalue weighted by Crippen LogP contribution is -2.27. The first-order valence-electron chi connectivity index (χ1n) is 14.4. The first-order valence-corrected chi connectivity index (χ1v) is 12.9. The van der Waals surface area contributed by atoms with Crippen molar-refractivity contribution in [3.05, 3.63) is 83.1 Å². The number of aryl methyl sites for hydroxylation is 2. The standard InChI is InChI=1S/C31H32FN3O3/c1-18-28(19(2)38-34-18)21-15-27-29(33-17-21)24-10-9-22(31(3,4)36)16-26(24)35(27)30(20-11-13-37-14-12-20)23-7-5-6-8-25(23)32/h5-10,15-17,20,30,36H,11-14H2,1-4H3/t30-/m0/s1/i2D3. The average molecular weight is 517 g/mol. The van der Waals surface area contributed by atoms with E-state index < -0.39 is 18.5 Å². The number of hydrogen-bond acceptors (Lipinski definition) is 5. The lowest BCUT2D eigenvalue weighted by atomic mass is 9.86. The zero-order chi connectivity index (χ0) is 29.1. The lowest BCUT2D eigenvalue weighted by Gasteiger charge is -2.33. The SMILES string of the molecule is [2H]C([2H])([2H])c1onc(C)c1-c1cnc2c3ccc(C(C)(C)O)cc3n([C@H](c3ccccc3F)C3CCOCC3)c2c1. The van der Waals surface area contributed by atoms with Crippen LogP contribution in [0, 0.1) is 25.5 Å². The van der Waals surface area contributed by atoms with Gasteiger partial charge in [0, 0.05) is 45.6 Å². The summed E-state index contributed by atoms with van der Waals surface area (Å²) in [5.41, 5.74) is 3.77. The smallest absolute Gasteiger partial charge is 0.141 e. The molecular formula is C31H32FN3O3. The third-order valence-electron chi connectivity index (χ3n) is 7.71. The minimum absolute atomic E-state index is 0.0594. The molecule has 38 heavy (non-hydrogen) atoms. The molecule has 2 aromatic carbocycles. The number of pyridine rings is 1. The van der Waals surface area contributed by atoms with Gasteiger partial charge in [-0.05, 0) is 70.1 Å². The molecule has 7 heteroatoms. The van der Waals surface area contributed by atoms with Crippen LogP contribution in [0.2, 0.25) is 0 Å². The molecule has 1 aliphatic heterocycles. The summed E-state index contributed by atoms with van der Waals surface area (Å²) in [5, 5.41) is 15.7. The van der Waals surface area contributed by atoms with E-state index in [1.54, 1.807) is 33.0 Å². The van der Waals surface area contributed by atoms with Gasteiger partial charge in [0.2, 0.25) is 0 Å². The quantitative estimate of drug-likeness (QED) is 0.277. The van der Waals surface area contributed by atoms with E-state index in [4.69, 9.17) is 18.4 Å². The molecule has 0 unspecified atom stereocenters. The number of rotatable bonds is 5. The molecular weight excluding hydrogens is 481 g/mol. The van der Waals surface area contributed by atoms with Crippen LogP contribution in [0.15, 0.2) is 59.3 Å². The van der Waals surface area contributed by atoms with E-state index in [0.717, 1.165) is 29.3 Å². The van der Waals surface area contributed by atoms with Crippen molar-refractivity contribution in [2.24, 2.45) is 5.92 Å². The highest BCUT2D eigenvalue weighted by atomic mass is 19.1. The number of aliphatic hydroxyl groups is 1. The molecule has 0 bridgehead atoms. The number of halogens is 1. The molecule has 1 N–H and O–H groups in total. The van der Waals surface area contributed by atoms with Crippen LogP contribution in [0.1, 0.15) is 59.4 Å². The fraction of sp³-hybridized carbons (Fsp3) is 0.355. The number of nitrogens with zero attached hydrogens (tertiary/aromatic N) is 3. The molecule has 4 heterocycles. The summed E-state index contributed by atoms with van der Waals surface area (Å²) in [6, 6.07) is 14.1. The maximum absolute atomic E-state index is 15.6. The second-order valence-electron chi connectivity index (χ2n) is 10.6. The van der Waals surface area contributed by atoms with E-state index in [2.05, 4.69) is 9.72 Å². The van der Waals surface area contributed by atoms with Gasteiger partial charge in [-0.15, -0.1) is 0 Å². The number of ether oxygens (including phenoxy) is 1. The molecule has 0 aliphatic carbocycles. The Labute approximate surface area is 225 Å². The number of aromatic nitrogens is 3. The lowest BCUT2D eigenvalue weighted by molar-refractivity contribution is 0.0548. The molecule has 0 spiro atoms. The molecule has 1 aliphatic rings. The van der Waals surface area contributed by atoms with Gasteiger partial charge in [0.25, 0.3) is 0 Å². The molecule has 0 radical (unpaired) electrons. The molecule has 3 aromatic heterocycles. The first-order chi connectivity index (χ1) is 19.4. The van der Waals surface area contributed by atoms with Crippen molar-refractivity contribution in [3.8, 4) is 11.1 Å². The molecule has 1 saturated heterocycles. The third kappa shape index (κ3) is 4.10. The second kappa shape index (κ2) is 9.33. The Kier molecular flexibility index (Phi) is 5.25. The third-order valence-corrected chi connectivity index (χ3v) is 7.71. The van der Waals surface area contributed by atoms with Crippen LogP contribution < -0.4 is 0 Å². The minimum Gasteiger partial charge on any atom is -0.386 e. The molecule has 1 atom stereocenters. The van der Waals surface area contributed by atoms with Crippen molar-refractivity contribution in [3.63, 3.8) is 0 Å². The summed E-state index contributed by atoms with van der Waals surface area (Å²) in [6.45, 7) is 3.82.